The zero-order valence-electron chi connectivity index (χ0n) is 16.5. The molecule has 2 aromatic rings. The molecule has 0 aliphatic carbocycles. The number of benzene rings is 1. The Morgan fingerprint density at radius 1 is 1.23 bits per heavy atom. The van der Waals surface area contributed by atoms with Crippen molar-refractivity contribution >= 4 is 40.8 Å². The van der Waals surface area contributed by atoms with Crippen molar-refractivity contribution < 1.29 is 18.0 Å². The van der Waals surface area contributed by atoms with Gasteiger partial charge in [-0.2, -0.15) is 13.2 Å². The lowest BCUT2D eigenvalue weighted by Crippen LogP contribution is -2.39. The van der Waals surface area contributed by atoms with Gasteiger partial charge in [-0.25, -0.2) is 9.97 Å². The molecule has 1 amide bonds. The van der Waals surface area contributed by atoms with Gasteiger partial charge in [0.2, 0.25) is 5.91 Å². The number of nitrogens with one attached hydrogen (secondary N) is 1. The lowest BCUT2D eigenvalue weighted by molar-refractivity contribution is -0.137. The van der Waals surface area contributed by atoms with Crippen LogP contribution < -0.4 is 10.2 Å². The molecule has 0 bridgehead atoms. The molecule has 1 saturated heterocycles. The average Bonchev–Trinajstić information content (AvgIpc) is 2.66. The Kier molecular flexibility index (Phi) is 7.13. The topological polar surface area (TPSA) is 58.1 Å². The monoisotopic (exact) mass is 458 g/mol. The zero-order valence-corrected chi connectivity index (χ0v) is 18.1. The van der Waals surface area contributed by atoms with Gasteiger partial charge >= 0.3 is 6.18 Å². The van der Waals surface area contributed by atoms with Gasteiger partial charge < -0.3 is 10.2 Å². The summed E-state index contributed by atoms with van der Waals surface area (Å²) in [5.41, 5.74) is -1.30. The fraction of sp³-hybridized carbons (Fsp3) is 0.450. The van der Waals surface area contributed by atoms with Gasteiger partial charge in [0.15, 0.2) is 0 Å². The molecule has 1 fully saturated rings. The lowest BCUT2D eigenvalue weighted by atomic mass is 9.92. The van der Waals surface area contributed by atoms with Crippen LogP contribution in [-0.4, -0.2) is 34.7 Å². The van der Waals surface area contributed by atoms with Gasteiger partial charge in [-0.15, -0.1) is 0 Å². The van der Waals surface area contributed by atoms with Gasteiger partial charge in [-0.1, -0.05) is 37.2 Å². The molecule has 3 rings (SSSR count). The van der Waals surface area contributed by atoms with Crippen molar-refractivity contribution in [2.24, 2.45) is 11.8 Å². The first-order valence-electron chi connectivity index (χ1n) is 9.48. The third kappa shape index (κ3) is 6.01. The minimum Gasteiger partial charge on any atom is -0.356 e. The van der Waals surface area contributed by atoms with Crippen molar-refractivity contribution in [1.29, 1.82) is 0 Å². The first kappa shape index (κ1) is 22.7. The summed E-state index contributed by atoms with van der Waals surface area (Å²) in [6.45, 7) is 6.22. The molecule has 1 aliphatic rings. The Bertz CT molecular complexity index is 902. The fourth-order valence-electron chi connectivity index (χ4n) is 3.62. The van der Waals surface area contributed by atoms with Gasteiger partial charge in [0, 0.05) is 24.2 Å². The minimum atomic E-state index is -4.62. The lowest BCUT2D eigenvalue weighted by Gasteiger charge is -2.35. The van der Waals surface area contributed by atoms with Crippen molar-refractivity contribution in [3.8, 4) is 0 Å². The maximum atomic E-state index is 13.2. The third-order valence-corrected chi connectivity index (χ3v) is 5.89. The molecule has 5 nitrogen and oxygen atoms in total. The van der Waals surface area contributed by atoms with E-state index in [9.17, 15) is 18.0 Å². The number of alkyl halides is 3. The zero-order chi connectivity index (χ0) is 21.9. The van der Waals surface area contributed by atoms with Crippen LogP contribution in [-0.2, 0) is 11.0 Å². The van der Waals surface area contributed by atoms with Gasteiger partial charge in [-0.3, -0.25) is 4.79 Å². The Hall–Kier alpha value is -2.00. The van der Waals surface area contributed by atoms with Crippen molar-refractivity contribution in [3.05, 3.63) is 41.2 Å². The number of aromatic nitrogens is 2. The predicted molar refractivity (Wildman–Crippen MR) is 113 cm³/mol. The smallest absolute Gasteiger partial charge is 0.356 e. The van der Waals surface area contributed by atoms with E-state index in [1.165, 1.54) is 18.8 Å². The minimum absolute atomic E-state index is 0.0513. The Balaban J connectivity index is 1.63. The van der Waals surface area contributed by atoms with Crippen LogP contribution in [0.4, 0.5) is 24.7 Å². The van der Waals surface area contributed by atoms with Gasteiger partial charge in [0.25, 0.3) is 0 Å². The Morgan fingerprint density at radius 2 is 1.93 bits per heavy atom. The molecule has 1 aliphatic heterocycles. The van der Waals surface area contributed by atoms with Crippen LogP contribution in [0, 0.1) is 11.8 Å². The molecule has 0 unspecified atom stereocenters. The van der Waals surface area contributed by atoms with Crippen LogP contribution in [0.1, 0.15) is 25.8 Å². The molecule has 1 aromatic heterocycles. The van der Waals surface area contributed by atoms with E-state index >= 15 is 0 Å². The number of thioether (sulfide) groups is 1. The maximum Gasteiger partial charge on any atom is 0.418 e. The molecule has 0 radical (unpaired) electrons. The highest BCUT2D eigenvalue weighted by Gasteiger charge is 2.34. The second-order valence-corrected chi connectivity index (χ2v) is 9.02. The number of halogens is 4. The second kappa shape index (κ2) is 9.43. The van der Waals surface area contributed by atoms with Crippen molar-refractivity contribution in [2.75, 3.05) is 29.1 Å². The van der Waals surface area contributed by atoms with Gasteiger partial charge in [-0.05, 0) is 36.5 Å². The molecule has 10 heteroatoms. The van der Waals surface area contributed by atoms with Crippen molar-refractivity contribution in [3.63, 3.8) is 0 Å². The first-order valence-corrected chi connectivity index (χ1v) is 10.8. The molecule has 162 valence electrons. The number of nitrogens with zero attached hydrogens (tertiary/aromatic N) is 3. The van der Waals surface area contributed by atoms with Crippen LogP contribution in [0.25, 0.3) is 0 Å². The molecule has 0 saturated carbocycles. The quantitative estimate of drug-likeness (QED) is 0.482. The predicted octanol–water partition coefficient (Wildman–Crippen LogP) is 5.36. The van der Waals surface area contributed by atoms with Crippen LogP contribution in [0.15, 0.2) is 35.6 Å². The SMILES string of the molecule is C[C@@H]1C[C@@H](C)CN(c2cc(SCC(=O)Nc3ccc(Cl)cc3C(F)(F)F)ncn2)C1. The summed E-state index contributed by atoms with van der Waals surface area (Å²) < 4.78 is 39.5. The molecular formula is C20H22ClF3N4OS. The van der Waals surface area contributed by atoms with Gasteiger partial charge in [0.05, 0.1) is 17.0 Å². The summed E-state index contributed by atoms with van der Waals surface area (Å²) in [7, 11) is 0. The highest BCUT2D eigenvalue weighted by Crippen LogP contribution is 2.36. The van der Waals surface area contributed by atoms with Crippen LogP contribution in [0.3, 0.4) is 0 Å². The number of carbonyl (C=O) groups excluding carboxylic acids is 1. The highest BCUT2D eigenvalue weighted by atomic mass is 35.5. The summed E-state index contributed by atoms with van der Waals surface area (Å²) in [5, 5.41) is 2.85. The van der Waals surface area contributed by atoms with E-state index in [4.69, 9.17) is 11.6 Å². The number of piperidine rings is 1. The van der Waals surface area contributed by atoms with E-state index in [0.717, 1.165) is 42.8 Å². The van der Waals surface area contributed by atoms with E-state index in [2.05, 4.69) is 34.0 Å². The van der Waals surface area contributed by atoms with E-state index in [1.807, 2.05) is 6.07 Å². The highest BCUT2D eigenvalue weighted by molar-refractivity contribution is 7.99. The average molecular weight is 459 g/mol. The molecule has 1 aromatic carbocycles. The number of rotatable bonds is 5. The summed E-state index contributed by atoms with van der Waals surface area (Å²) in [6.07, 6.45) is -2.00. The second-order valence-electron chi connectivity index (χ2n) is 7.59. The van der Waals surface area contributed by atoms with Gasteiger partial charge in [0.1, 0.15) is 17.2 Å². The largest absolute Gasteiger partial charge is 0.418 e. The van der Waals surface area contributed by atoms with Crippen molar-refractivity contribution in [2.45, 2.75) is 31.5 Å². The van der Waals surface area contributed by atoms with E-state index < -0.39 is 17.6 Å². The van der Waals surface area contributed by atoms with Crippen LogP contribution in [0.5, 0.6) is 0 Å². The van der Waals surface area contributed by atoms with E-state index in [-0.39, 0.29) is 16.5 Å². The third-order valence-electron chi connectivity index (χ3n) is 4.73. The molecule has 2 atom stereocenters. The summed E-state index contributed by atoms with van der Waals surface area (Å²) in [6, 6.07) is 5.06. The molecule has 30 heavy (non-hydrogen) atoms. The number of anilines is 2. The molecule has 2 heterocycles. The first-order chi connectivity index (χ1) is 14.1. The van der Waals surface area contributed by atoms with E-state index in [0.29, 0.717) is 16.9 Å². The standard InChI is InChI=1S/C20H22ClF3N4OS/c1-12-5-13(2)9-28(8-12)17-7-19(26-11-25-17)30-10-18(29)27-16-4-3-14(21)6-15(16)20(22,23)24/h3-4,6-7,11-13H,5,8-10H2,1-2H3,(H,27,29)/t12-,13-/m1/s1. The normalized spacial score (nSPS) is 19.6. The molecular weight excluding hydrogens is 437 g/mol. The maximum absolute atomic E-state index is 13.2. The fourth-order valence-corrected chi connectivity index (χ4v) is 4.45. The summed E-state index contributed by atoms with van der Waals surface area (Å²) >= 11 is 6.81. The Labute approximate surface area is 182 Å². The van der Waals surface area contributed by atoms with E-state index in [1.54, 1.807) is 0 Å². The number of hydrogen-bond donors (Lipinski definition) is 1. The number of carbonyl (C=O) groups is 1. The summed E-state index contributed by atoms with van der Waals surface area (Å²) in [5.74, 6) is 1.28. The number of hydrogen-bond acceptors (Lipinski definition) is 5. The Morgan fingerprint density at radius 3 is 2.60 bits per heavy atom. The molecule has 0 spiro atoms. The van der Waals surface area contributed by atoms with Crippen molar-refractivity contribution in [1.82, 2.24) is 9.97 Å². The molecule has 1 N–H and O–H groups in total. The van der Waals surface area contributed by atoms with Crippen LogP contribution in [0.2, 0.25) is 5.02 Å². The summed E-state index contributed by atoms with van der Waals surface area (Å²) in [4.78, 5) is 22.9. The number of amides is 1. The van der Waals surface area contributed by atoms with Crippen LogP contribution >= 0.6 is 23.4 Å².